The molecule has 0 aromatic heterocycles. The van der Waals surface area contributed by atoms with E-state index in [1.54, 1.807) is 41.5 Å². The maximum Gasteiger partial charge on any atom is 0.317 e. The van der Waals surface area contributed by atoms with Crippen LogP contribution in [0.3, 0.4) is 0 Å². The minimum Gasteiger partial charge on any atom is -0.466 e. The SMILES string of the molecule is CCOC(=O)CC(=O)OCC.CCOC(=O)CC(=O)OCC.CCOC(=O)CC(=O)OCC.[Al]. The highest BCUT2D eigenvalue weighted by atomic mass is 27.0. The van der Waals surface area contributed by atoms with Crippen LogP contribution >= 0.6 is 0 Å². The molecule has 0 heterocycles. The van der Waals surface area contributed by atoms with E-state index in [1.165, 1.54) is 0 Å². The Balaban J connectivity index is -0.000000196. The summed E-state index contributed by atoms with van der Waals surface area (Å²) < 4.78 is 27.1. The molecule has 13 heteroatoms. The summed E-state index contributed by atoms with van der Waals surface area (Å²) in [6.07, 6.45) is -0.870. The minimum absolute atomic E-state index is 0. The maximum absolute atomic E-state index is 10.6. The summed E-state index contributed by atoms with van der Waals surface area (Å²) in [6.45, 7) is 11.8. The Hall–Kier alpha value is -2.65. The van der Waals surface area contributed by atoms with Crippen molar-refractivity contribution in [3.05, 3.63) is 0 Å². The Bertz CT molecular complexity index is 463. The van der Waals surface area contributed by atoms with Crippen molar-refractivity contribution in [1.29, 1.82) is 0 Å². The van der Waals surface area contributed by atoms with Crippen molar-refractivity contribution in [2.75, 3.05) is 39.6 Å². The number of rotatable bonds is 12. The number of ether oxygens (including phenoxy) is 6. The van der Waals surface area contributed by atoms with Crippen LogP contribution in [0.5, 0.6) is 0 Å². The lowest BCUT2D eigenvalue weighted by Gasteiger charge is -2.00. The average Bonchev–Trinajstić information content (AvgIpc) is 2.69. The summed E-state index contributed by atoms with van der Waals surface area (Å²) in [6, 6.07) is 0. The zero-order valence-corrected chi connectivity index (χ0v) is 22.0. The van der Waals surface area contributed by atoms with Gasteiger partial charge in [-0.1, -0.05) is 0 Å². The van der Waals surface area contributed by atoms with Crippen LogP contribution < -0.4 is 0 Å². The van der Waals surface area contributed by atoms with Gasteiger partial charge in [0.2, 0.25) is 0 Å². The standard InChI is InChI=1S/3C7H12O4.Al/c3*1-3-10-6(8)5-7(9)11-4-2;/h3*3-5H2,1-2H3;. The predicted octanol–water partition coefficient (Wildman–Crippen LogP) is 1.13. The molecule has 12 nitrogen and oxygen atoms in total. The molecule has 0 aliphatic rings. The Morgan fingerprint density at radius 3 is 0.559 bits per heavy atom. The van der Waals surface area contributed by atoms with Gasteiger partial charge in [-0.15, -0.1) is 0 Å². The summed E-state index contributed by atoms with van der Waals surface area (Å²) in [5, 5.41) is 0. The van der Waals surface area contributed by atoms with Crippen LogP contribution in [-0.2, 0) is 57.2 Å². The van der Waals surface area contributed by atoms with E-state index in [0.29, 0.717) is 0 Å². The van der Waals surface area contributed by atoms with Crippen LogP contribution in [0.25, 0.3) is 0 Å². The number of hydrogen-bond donors (Lipinski definition) is 0. The van der Waals surface area contributed by atoms with E-state index in [-0.39, 0.29) is 76.3 Å². The van der Waals surface area contributed by atoms with Crippen molar-refractivity contribution < 1.29 is 57.2 Å². The highest BCUT2D eigenvalue weighted by Crippen LogP contribution is 1.91. The lowest BCUT2D eigenvalue weighted by molar-refractivity contribution is -0.155. The Morgan fingerprint density at radius 1 is 0.353 bits per heavy atom. The Labute approximate surface area is 211 Å². The average molecular weight is 507 g/mol. The van der Waals surface area contributed by atoms with Gasteiger partial charge in [0.05, 0.1) is 39.6 Å². The lowest BCUT2D eigenvalue weighted by atomic mass is 10.4. The van der Waals surface area contributed by atoms with Crippen LogP contribution in [0.4, 0.5) is 0 Å². The molecule has 0 amide bonds. The van der Waals surface area contributed by atoms with Crippen molar-refractivity contribution in [2.24, 2.45) is 0 Å². The maximum atomic E-state index is 10.6. The minimum atomic E-state index is -0.536. The fraction of sp³-hybridized carbons (Fsp3) is 0.714. The molecule has 0 fully saturated rings. The largest absolute Gasteiger partial charge is 0.466 e. The van der Waals surface area contributed by atoms with Crippen molar-refractivity contribution >= 4 is 53.2 Å². The van der Waals surface area contributed by atoms with Crippen molar-refractivity contribution in [2.45, 2.75) is 60.8 Å². The van der Waals surface area contributed by atoms with Gasteiger partial charge in [-0.2, -0.15) is 0 Å². The van der Waals surface area contributed by atoms with E-state index in [4.69, 9.17) is 0 Å². The van der Waals surface area contributed by atoms with Crippen molar-refractivity contribution in [3.63, 3.8) is 0 Å². The van der Waals surface area contributed by atoms with Gasteiger partial charge in [0.25, 0.3) is 0 Å². The molecule has 0 aromatic carbocycles. The normalized spacial score (nSPS) is 8.65. The van der Waals surface area contributed by atoms with Gasteiger partial charge >= 0.3 is 35.8 Å². The Kier molecular flexibility index (Phi) is 32.2. The fourth-order valence-corrected chi connectivity index (χ4v) is 1.63. The van der Waals surface area contributed by atoms with E-state index in [1.807, 2.05) is 0 Å². The van der Waals surface area contributed by atoms with E-state index in [2.05, 4.69) is 28.4 Å². The summed E-state index contributed by atoms with van der Waals surface area (Å²) in [4.78, 5) is 63.6. The van der Waals surface area contributed by atoms with Crippen molar-refractivity contribution in [1.82, 2.24) is 0 Å². The smallest absolute Gasteiger partial charge is 0.317 e. The summed E-state index contributed by atoms with van der Waals surface area (Å²) in [5.41, 5.74) is 0. The highest BCUT2D eigenvalue weighted by molar-refractivity contribution is 5.92. The molecular formula is C21H36AlO12. The highest BCUT2D eigenvalue weighted by Gasteiger charge is 2.11. The molecule has 0 rings (SSSR count). The molecule has 0 N–H and O–H groups in total. The third-order valence-electron chi connectivity index (χ3n) is 2.70. The molecule has 3 radical (unpaired) electrons. The van der Waals surface area contributed by atoms with Gasteiger partial charge in [0.1, 0.15) is 19.3 Å². The van der Waals surface area contributed by atoms with Gasteiger partial charge in [-0.25, -0.2) is 0 Å². The number of carbonyl (C=O) groups excluding carboxylic acids is 6. The van der Waals surface area contributed by atoms with Crippen LogP contribution in [-0.4, -0.2) is 92.8 Å². The quantitative estimate of drug-likeness (QED) is 0.161. The molecule has 0 spiro atoms. The lowest BCUT2D eigenvalue weighted by Crippen LogP contribution is -2.13. The molecule has 0 bridgehead atoms. The number of hydrogen-bond acceptors (Lipinski definition) is 12. The zero-order chi connectivity index (χ0) is 26.1. The molecule has 0 unspecified atom stereocenters. The van der Waals surface area contributed by atoms with Gasteiger partial charge < -0.3 is 28.4 Å². The number of esters is 6. The molecule has 0 aliphatic carbocycles. The molecule has 0 saturated heterocycles. The van der Waals surface area contributed by atoms with Gasteiger partial charge in [0.15, 0.2) is 0 Å². The second kappa shape index (κ2) is 28.4. The summed E-state index contributed by atoms with van der Waals surface area (Å²) >= 11 is 0. The first-order valence-electron chi connectivity index (χ1n) is 10.5. The van der Waals surface area contributed by atoms with Crippen LogP contribution in [0.2, 0.25) is 0 Å². The van der Waals surface area contributed by atoms with Crippen molar-refractivity contribution in [3.8, 4) is 0 Å². The van der Waals surface area contributed by atoms with Gasteiger partial charge in [-0.3, -0.25) is 28.8 Å². The third-order valence-corrected chi connectivity index (χ3v) is 2.70. The van der Waals surface area contributed by atoms with Crippen LogP contribution in [0.15, 0.2) is 0 Å². The summed E-state index contributed by atoms with van der Waals surface area (Å²) in [7, 11) is 0. The van der Waals surface area contributed by atoms with E-state index in [9.17, 15) is 28.8 Å². The second-order valence-electron chi connectivity index (χ2n) is 5.36. The molecule has 0 atom stereocenters. The molecule has 0 saturated carbocycles. The van der Waals surface area contributed by atoms with Gasteiger partial charge in [-0.05, 0) is 41.5 Å². The third kappa shape index (κ3) is 31.5. The Morgan fingerprint density at radius 2 is 0.471 bits per heavy atom. The second-order valence-corrected chi connectivity index (χ2v) is 5.36. The van der Waals surface area contributed by atoms with Crippen LogP contribution in [0.1, 0.15) is 60.8 Å². The first-order chi connectivity index (χ1) is 15.6. The molecule has 195 valence electrons. The van der Waals surface area contributed by atoms with Gasteiger partial charge in [0, 0.05) is 17.4 Å². The molecular weight excluding hydrogens is 471 g/mol. The van der Waals surface area contributed by atoms with E-state index < -0.39 is 35.8 Å². The first kappa shape index (κ1) is 38.6. The molecule has 0 aliphatic heterocycles. The molecule has 0 aromatic rings. The first-order valence-corrected chi connectivity index (χ1v) is 10.5. The zero-order valence-electron chi connectivity index (χ0n) is 20.8. The monoisotopic (exact) mass is 507 g/mol. The number of carbonyl (C=O) groups is 6. The predicted molar refractivity (Wildman–Crippen MR) is 119 cm³/mol. The van der Waals surface area contributed by atoms with E-state index in [0.717, 1.165) is 0 Å². The van der Waals surface area contributed by atoms with Crippen LogP contribution in [0, 0.1) is 0 Å². The van der Waals surface area contributed by atoms with E-state index >= 15 is 0 Å². The molecule has 34 heavy (non-hydrogen) atoms. The summed E-state index contributed by atoms with van der Waals surface area (Å²) in [5.74, 6) is -3.22. The fourth-order valence-electron chi connectivity index (χ4n) is 1.63. The topological polar surface area (TPSA) is 158 Å².